The number of carbonyl (C=O) groups excluding carboxylic acids is 3. The fourth-order valence-electron chi connectivity index (χ4n) is 12.4. The number of hydrogen-bond acceptors (Lipinski definition) is 33. The molecule has 44 heteroatoms. The number of halogens is 3. The number of carbonyl (C=O) groups is 4. The summed E-state index contributed by atoms with van der Waals surface area (Å²) in [6, 6.07) is 13.1. The number of carboxylic acids is 1. The summed E-state index contributed by atoms with van der Waals surface area (Å²) in [5.41, 5.74) is 5.82. The molecule has 1 saturated heterocycles. The van der Waals surface area contributed by atoms with Gasteiger partial charge in [-0.05, 0) is 0 Å². The van der Waals surface area contributed by atoms with E-state index in [9.17, 15) is 76.2 Å². The zero-order chi connectivity index (χ0) is 90.1. The second-order valence-electron chi connectivity index (χ2n) is 26.4. The molecule has 4 aromatic rings. The number of hydrogen-bond donors (Lipinski definition) is 1. The summed E-state index contributed by atoms with van der Waals surface area (Å²) in [6.45, 7) is 0.182. The number of amides is 2. The Bertz CT molecular complexity index is 4790. The normalized spacial score (nSPS) is 13.5. The average Bonchev–Trinajstić information content (AvgIpc) is 0.779. The molecule has 0 bridgehead atoms. The molecular weight excluding hydrogens is 2000 g/mol. The van der Waals surface area contributed by atoms with Gasteiger partial charge in [0.2, 0.25) is 11.4 Å². The van der Waals surface area contributed by atoms with E-state index in [4.69, 9.17) is 61.7 Å². The van der Waals surface area contributed by atoms with Crippen molar-refractivity contribution in [3.8, 4) is 46.0 Å². The van der Waals surface area contributed by atoms with Crippen molar-refractivity contribution < 1.29 is 160 Å². The van der Waals surface area contributed by atoms with Crippen LogP contribution in [0.2, 0.25) is 0 Å². The molecule has 1 N–H and O–H groups in total. The summed E-state index contributed by atoms with van der Waals surface area (Å²) in [6.07, 6.45) is 7.47. The summed E-state index contributed by atoms with van der Waals surface area (Å²) in [5, 5.41) is 9.68. The van der Waals surface area contributed by atoms with E-state index < -0.39 is 87.2 Å². The Morgan fingerprint density at radius 1 is 0.417 bits per heavy atom. The SMILES string of the molecule is COC1=CC(=[N+](C)CCCC(=O)O)C=C(OC)C1=C(c1c(OC)cc(N(C)CCS(=O)(=O)[O-])cc1OC)c1c(OC)cc(N(C)CCS(=O)(=O)[O-])cc1OC.COC1=CC(=[N+](C)CCCC(=O)ON2C(=O)CCC2=O)C=C(OC)C1=C(c1c(OC)cc(N(C)CCS(=O)(=O)[O-])cc1OC)c1c(OC)cc(N(C)CCS(=O)(=O)[O-])cc1OC.I[I-]I. The summed E-state index contributed by atoms with van der Waals surface area (Å²) in [5.74, 6) is -2.43. The summed E-state index contributed by atoms with van der Waals surface area (Å²) in [7, 11) is 9.13. The third kappa shape index (κ3) is 28.5. The van der Waals surface area contributed by atoms with Crippen molar-refractivity contribution in [2.75, 3.05) is 209 Å². The van der Waals surface area contributed by atoms with E-state index in [2.05, 4.69) is 37.2 Å². The second-order valence-corrected chi connectivity index (χ2v) is 48.7. The first-order chi connectivity index (χ1) is 56.4. The van der Waals surface area contributed by atoms with Gasteiger partial charge in [0.1, 0.15) is 96.2 Å². The van der Waals surface area contributed by atoms with Crippen LogP contribution < -0.4 is 70.7 Å². The van der Waals surface area contributed by atoms with Gasteiger partial charge >= 0.3 is 62.4 Å². The van der Waals surface area contributed by atoms with E-state index in [0.29, 0.717) is 128 Å². The molecule has 120 heavy (non-hydrogen) atoms. The van der Waals surface area contributed by atoms with Gasteiger partial charge in [0.25, 0.3) is 11.8 Å². The van der Waals surface area contributed by atoms with Crippen LogP contribution in [0, 0.1) is 0 Å². The van der Waals surface area contributed by atoms with Crippen molar-refractivity contribution in [1.29, 1.82) is 0 Å². The van der Waals surface area contributed by atoms with E-state index in [0.717, 1.165) is 0 Å². The quantitative estimate of drug-likeness (QED) is 0.0288. The van der Waals surface area contributed by atoms with Crippen LogP contribution in [0.4, 0.5) is 22.7 Å². The Kier molecular flexibility index (Phi) is 39.6. The van der Waals surface area contributed by atoms with Crippen molar-refractivity contribution in [3.05, 3.63) is 129 Å². The molecule has 0 atom stereocenters. The zero-order valence-corrected chi connectivity index (χ0v) is 79.2. The van der Waals surface area contributed by atoms with Crippen LogP contribution in [0.1, 0.15) is 60.8 Å². The average molecular weight is 2100 g/mol. The predicted octanol–water partition coefficient (Wildman–Crippen LogP) is 3.31. The molecule has 1 heterocycles. The summed E-state index contributed by atoms with van der Waals surface area (Å²) < 4.78 is 213. The first-order valence-corrected chi connectivity index (χ1v) is 54.8. The van der Waals surface area contributed by atoms with Gasteiger partial charge in [-0.1, -0.05) is 0 Å². The van der Waals surface area contributed by atoms with E-state index in [1.165, 1.54) is 85.3 Å². The Balaban J connectivity index is 0.000000416. The molecule has 0 saturated carbocycles. The van der Waals surface area contributed by atoms with Crippen LogP contribution in [0.3, 0.4) is 0 Å². The van der Waals surface area contributed by atoms with Crippen molar-refractivity contribution in [3.63, 3.8) is 0 Å². The number of rotatable bonds is 41. The molecule has 1 fully saturated rings. The van der Waals surface area contributed by atoms with E-state index in [1.807, 2.05) is 9.15 Å². The van der Waals surface area contributed by atoms with Crippen molar-refractivity contribution in [2.24, 2.45) is 0 Å². The van der Waals surface area contributed by atoms with Gasteiger partial charge < -0.3 is 105 Å². The summed E-state index contributed by atoms with van der Waals surface area (Å²) >= 11 is 5.30. The second kappa shape index (κ2) is 46.6. The molecule has 2 aliphatic carbocycles. The number of benzene rings is 4. The van der Waals surface area contributed by atoms with Gasteiger partial charge in [-0.3, -0.25) is 14.4 Å². The van der Waals surface area contributed by atoms with Gasteiger partial charge in [0, 0.05) is 162 Å². The van der Waals surface area contributed by atoms with Gasteiger partial charge in [-0.15, -0.1) is 5.06 Å². The van der Waals surface area contributed by atoms with Crippen LogP contribution in [-0.4, -0.2) is 296 Å². The number of ether oxygens (including phenoxy) is 12. The monoisotopic (exact) mass is 2100 g/mol. The molecule has 0 spiro atoms. The molecule has 0 aromatic heterocycles. The molecule has 666 valence electrons. The molecule has 2 amide bonds. The molecule has 1 aliphatic heterocycles. The number of carboxylic acid groups (broad SMARTS) is 1. The maximum absolute atomic E-state index is 12.5. The Hall–Kier alpha value is -8.63. The number of nitrogens with zero attached hydrogens (tertiary/aromatic N) is 7. The Morgan fingerprint density at radius 2 is 0.633 bits per heavy atom. The molecule has 0 radical (unpaired) electrons. The fraction of sp³-hybridized carbons (Fsp3) is 0.447. The van der Waals surface area contributed by atoms with Gasteiger partial charge in [0.15, 0.2) is 0 Å². The molecular formula is C76H99I3N7O30S4-3. The first-order valence-electron chi connectivity index (χ1n) is 35.9. The van der Waals surface area contributed by atoms with Crippen molar-refractivity contribution in [1.82, 2.24) is 5.06 Å². The zero-order valence-electron chi connectivity index (χ0n) is 69.4. The number of aliphatic carboxylic acids is 1. The van der Waals surface area contributed by atoms with Gasteiger partial charge in [-0.25, -0.2) is 47.6 Å². The molecule has 7 rings (SSSR count). The van der Waals surface area contributed by atoms with Crippen LogP contribution in [0.25, 0.3) is 11.1 Å². The molecule has 0 unspecified atom stereocenters. The van der Waals surface area contributed by atoms with E-state index >= 15 is 0 Å². The van der Waals surface area contributed by atoms with Crippen molar-refractivity contribution >= 4 is 147 Å². The minimum atomic E-state index is -4.54. The van der Waals surface area contributed by atoms with E-state index in [1.54, 1.807) is 135 Å². The van der Waals surface area contributed by atoms with Gasteiger partial charge in [0.05, 0.1) is 219 Å². The first kappa shape index (κ1) is 102. The standard InChI is InChI=1S/C40H52N4O16S2.C36H49N3O14S2.I3/c1-41(14-10-11-36(47)60-44-34(45)12-13-35(44)46)25-19-28(54-4)37(29(20-25)55-5)40(38-30(56-6)21-26(22-31(38)57-7)42(2)15-17-61(48,49)50)39-32(58-8)23-27(24-33(39)59-9)43(3)16-18-62(51,52)53;1-37(12-10-11-32(40)41)23-17-26(48-4)33(27(18-23)49-5)36(34-28(50-6)19-24(20-29(34)51-7)38(2)13-15-54(42,43)44)35-30(52-8)21-25(22-31(35)53-9)39(3)14-16-55(45,46)47;1-3-2/h19-24H,10-18H2,1-9H3,(H-,48,49,50,51,52,53);17-22H,10-16H2,1-9H3,(H2-,40,41,42,43,44,45,46,47);/q;;-1/p-2. The van der Waals surface area contributed by atoms with Crippen LogP contribution in [-0.2, 0) is 83.4 Å². The number of hydroxylamine groups is 2. The van der Waals surface area contributed by atoms with Crippen LogP contribution >= 0.6 is 37.2 Å². The number of imide groups is 1. The van der Waals surface area contributed by atoms with Crippen molar-refractivity contribution in [2.45, 2.75) is 38.5 Å². The predicted molar refractivity (Wildman–Crippen MR) is 455 cm³/mol. The summed E-state index contributed by atoms with van der Waals surface area (Å²) in [4.78, 5) is 58.8. The Labute approximate surface area is 729 Å². The van der Waals surface area contributed by atoms with E-state index in [-0.39, 0.29) is 116 Å². The minimum absolute atomic E-state index is 0.0202. The number of allylic oxidation sites excluding steroid dienone is 4. The number of methoxy groups -OCH3 is 12. The Morgan fingerprint density at radius 3 is 0.825 bits per heavy atom. The van der Waals surface area contributed by atoms with Crippen LogP contribution in [0.15, 0.2) is 107 Å². The fourth-order valence-corrected chi connectivity index (χ4v) is 14.4. The molecule has 37 nitrogen and oxygen atoms in total. The third-order valence-electron chi connectivity index (χ3n) is 18.8. The maximum atomic E-state index is 12.5. The van der Waals surface area contributed by atoms with Crippen LogP contribution in [0.5, 0.6) is 46.0 Å². The number of anilines is 4. The van der Waals surface area contributed by atoms with Gasteiger partial charge in [-0.2, -0.15) is 0 Å². The molecule has 4 aromatic carbocycles. The third-order valence-corrected chi connectivity index (χ3v) is 21.5. The topological polar surface area (TPSA) is 460 Å². The molecule has 3 aliphatic rings.